The minimum Gasteiger partial charge on any atom is -0.373 e. The Kier molecular flexibility index (Phi) is 6.16. The van der Waals surface area contributed by atoms with Gasteiger partial charge < -0.3 is 15.0 Å². The molecular weight excluding hydrogens is 224 g/mol. The van der Waals surface area contributed by atoms with Gasteiger partial charge in [-0.15, -0.1) is 11.8 Å². The zero-order valence-corrected chi connectivity index (χ0v) is 11.2. The molecule has 1 N–H and O–H groups in total. The van der Waals surface area contributed by atoms with Crippen LogP contribution in [-0.2, 0) is 9.53 Å². The molecule has 0 spiro atoms. The topological polar surface area (TPSA) is 41.6 Å². The molecule has 1 saturated heterocycles. The summed E-state index contributed by atoms with van der Waals surface area (Å²) in [5.74, 6) is 1.25. The fourth-order valence-corrected chi connectivity index (χ4v) is 2.45. The van der Waals surface area contributed by atoms with E-state index in [1.807, 2.05) is 16.7 Å². The number of hydrogen-bond acceptors (Lipinski definition) is 4. The van der Waals surface area contributed by atoms with E-state index in [9.17, 15) is 4.79 Å². The maximum atomic E-state index is 11.2. The van der Waals surface area contributed by atoms with Gasteiger partial charge in [-0.1, -0.05) is 6.92 Å². The Bertz CT molecular complexity index is 226. The van der Waals surface area contributed by atoms with Crippen LogP contribution in [0.2, 0.25) is 0 Å². The SMILES string of the molecule is CCSC(C)NCC1CN(C(C)=O)CCO1. The molecule has 0 aromatic rings. The molecular formula is C11H22N2O2S. The molecule has 1 fully saturated rings. The second kappa shape index (κ2) is 7.14. The van der Waals surface area contributed by atoms with Crippen molar-refractivity contribution < 1.29 is 9.53 Å². The van der Waals surface area contributed by atoms with Crippen molar-refractivity contribution in [3.8, 4) is 0 Å². The molecule has 4 nitrogen and oxygen atoms in total. The van der Waals surface area contributed by atoms with Gasteiger partial charge in [0, 0.05) is 26.6 Å². The summed E-state index contributed by atoms with van der Waals surface area (Å²) in [4.78, 5) is 13.1. The molecule has 1 rings (SSSR count). The molecule has 0 bridgehead atoms. The molecule has 0 saturated carbocycles. The smallest absolute Gasteiger partial charge is 0.219 e. The lowest BCUT2D eigenvalue weighted by Gasteiger charge is -2.33. The van der Waals surface area contributed by atoms with E-state index in [1.54, 1.807) is 6.92 Å². The number of morpholine rings is 1. The lowest BCUT2D eigenvalue weighted by atomic mass is 10.2. The summed E-state index contributed by atoms with van der Waals surface area (Å²) in [5.41, 5.74) is 0. The van der Waals surface area contributed by atoms with Crippen LogP contribution in [0.15, 0.2) is 0 Å². The maximum absolute atomic E-state index is 11.2. The van der Waals surface area contributed by atoms with Gasteiger partial charge >= 0.3 is 0 Å². The Morgan fingerprint density at radius 1 is 1.69 bits per heavy atom. The third-order valence-electron chi connectivity index (χ3n) is 2.63. The summed E-state index contributed by atoms with van der Waals surface area (Å²) >= 11 is 1.88. The number of ether oxygens (including phenoxy) is 1. The highest BCUT2D eigenvalue weighted by atomic mass is 32.2. The number of amides is 1. The standard InChI is InChI=1S/C11H22N2O2S/c1-4-16-9(2)12-7-11-8-13(10(3)14)5-6-15-11/h9,11-12H,4-8H2,1-3H3. The molecule has 16 heavy (non-hydrogen) atoms. The van der Waals surface area contributed by atoms with Crippen molar-refractivity contribution in [2.45, 2.75) is 32.2 Å². The Balaban J connectivity index is 2.24. The van der Waals surface area contributed by atoms with E-state index < -0.39 is 0 Å². The van der Waals surface area contributed by atoms with E-state index in [2.05, 4.69) is 19.2 Å². The highest BCUT2D eigenvalue weighted by Gasteiger charge is 2.22. The summed E-state index contributed by atoms with van der Waals surface area (Å²) in [6, 6.07) is 0. The van der Waals surface area contributed by atoms with Crippen LogP contribution in [0.5, 0.6) is 0 Å². The molecule has 1 aliphatic heterocycles. The van der Waals surface area contributed by atoms with Gasteiger partial charge in [0.25, 0.3) is 0 Å². The van der Waals surface area contributed by atoms with E-state index in [0.29, 0.717) is 18.5 Å². The molecule has 1 aliphatic rings. The Hall–Kier alpha value is -0.260. The number of carbonyl (C=O) groups is 1. The van der Waals surface area contributed by atoms with Crippen molar-refractivity contribution in [1.29, 1.82) is 0 Å². The molecule has 1 heterocycles. The van der Waals surface area contributed by atoms with Crippen molar-refractivity contribution in [3.05, 3.63) is 0 Å². The average molecular weight is 246 g/mol. The number of hydrogen-bond donors (Lipinski definition) is 1. The van der Waals surface area contributed by atoms with Crippen molar-refractivity contribution in [1.82, 2.24) is 10.2 Å². The van der Waals surface area contributed by atoms with E-state index in [0.717, 1.165) is 18.8 Å². The summed E-state index contributed by atoms with van der Waals surface area (Å²) in [6.45, 7) is 8.83. The summed E-state index contributed by atoms with van der Waals surface area (Å²) in [7, 11) is 0. The first-order chi connectivity index (χ1) is 7.63. The normalized spacial score (nSPS) is 23.2. The molecule has 2 unspecified atom stereocenters. The van der Waals surface area contributed by atoms with Crippen molar-refractivity contribution in [3.63, 3.8) is 0 Å². The number of thioether (sulfide) groups is 1. The highest BCUT2D eigenvalue weighted by Crippen LogP contribution is 2.08. The molecule has 94 valence electrons. The predicted molar refractivity (Wildman–Crippen MR) is 67.6 cm³/mol. The van der Waals surface area contributed by atoms with E-state index in [1.165, 1.54) is 0 Å². The number of carbonyl (C=O) groups excluding carboxylic acids is 1. The first kappa shape index (κ1) is 13.8. The minimum atomic E-state index is 0.137. The van der Waals surface area contributed by atoms with Gasteiger partial charge in [-0.3, -0.25) is 4.79 Å². The summed E-state index contributed by atoms with van der Waals surface area (Å²) < 4.78 is 5.62. The lowest BCUT2D eigenvalue weighted by molar-refractivity contribution is -0.136. The van der Waals surface area contributed by atoms with E-state index in [4.69, 9.17) is 4.74 Å². The monoisotopic (exact) mass is 246 g/mol. The van der Waals surface area contributed by atoms with Gasteiger partial charge in [0.05, 0.1) is 18.1 Å². The Labute approximate surface area is 102 Å². The number of nitrogens with zero attached hydrogens (tertiary/aromatic N) is 1. The molecule has 5 heteroatoms. The van der Waals surface area contributed by atoms with Gasteiger partial charge in [0.15, 0.2) is 0 Å². The molecule has 0 aliphatic carbocycles. The van der Waals surface area contributed by atoms with Gasteiger partial charge in [-0.05, 0) is 12.7 Å². The lowest BCUT2D eigenvalue weighted by Crippen LogP contribution is -2.49. The largest absolute Gasteiger partial charge is 0.373 e. The molecule has 0 radical (unpaired) electrons. The van der Waals surface area contributed by atoms with Crippen LogP contribution >= 0.6 is 11.8 Å². The zero-order valence-electron chi connectivity index (χ0n) is 10.4. The second-order valence-corrected chi connectivity index (χ2v) is 5.58. The van der Waals surface area contributed by atoms with Crippen molar-refractivity contribution >= 4 is 17.7 Å². The third-order valence-corrected chi connectivity index (χ3v) is 3.63. The van der Waals surface area contributed by atoms with Crippen LogP contribution in [-0.4, -0.2) is 54.3 Å². The van der Waals surface area contributed by atoms with Gasteiger partial charge in [0.1, 0.15) is 0 Å². The zero-order chi connectivity index (χ0) is 12.0. The highest BCUT2D eigenvalue weighted by molar-refractivity contribution is 7.99. The Morgan fingerprint density at radius 3 is 3.06 bits per heavy atom. The fourth-order valence-electron chi connectivity index (χ4n) is 1.74. The van der Waals surface area contributed by atoms with Gasteiger partial charge in [0.2, 0.25) is 5.91 Å². The maximum Gasteiger partial charge on any atom is 0.219 e. The molecule has 1 amide bonds. The fraction of sp³-hybridized carbons (Fsp3) is 0.909. The summed E-state index contributed by atoms with van der Waals surface area (Å²) in [6.07, 6.45) is 0.137. The van der Waals surface area contributed by atoms with Crippen LogP contribution in [0.4, 0.5) is 0 Å². The predicted octanol–water partition coefficient (Wildman–Crippen LogP) is 0.922. The van der Waals surface area contributed by atoms with E-state index >= 15 is 0 Å². The van der Waals surface area contributed by atoms with Crippen LogP contribution in [0.25, 0.3) is 0 Å². The number of nitrogens with one attached hydrogen (secondary N) is 1. The molecule has 0 aromatic carbocycles. The number of rotatable bonds is 5. The first-order valence-corrected chi connectivity index (χ1v) is 6.90. The minimum absolute atomic E-state index is 0.137. The van der Waals surface area contributed by atoms with Crippen molar-refractivity contribution in [2.75, 3.05) is 32.0 Å². The van der Waals surface area contributed by atoms with Crippen molar-refractivity contribution in [2.24, 2.45) is 0 Å². The third kappa shape index (κ3) is 4.72. The van der Waals surface area contributed by atoms with Gasteiger partial charge in [-0.2, -0.15) is 0 Å². The first-order valence-electron chi connectivity index (χ1n) is 5.85. The van der Waals surface area contributed by atoms with Gasteiger partial charge in [-0.25, -0.2) is 0 Å². The van der Waals surface area contributed by atoms with Crippen LogP contribution in [0.1, 0.15) is 20.8 Å². The van der Waals surface area contributed by atoms with Crippen LogP contribution in [0, 0.1) is 0 Å². The van der Waals surface area contributed by atoms with E-state index in [-0.39, 0.29) is 12.0 Å². The average Bonchev–Trinajstić information content (AvgIpc) is 2.27. The summed E-state index contributed by atoms with van der Waals surface area (Å²) in [5, 5.41) is 3.86. The second-order valence-electron chi connectivity index (χ2n) is 3.96. The Morgan fingerprint density at radius 2 is 2.44 bits per heavy atom. The van der Waals surface area contributed by atoms with Crippen LogP contribution < -0.4 is 5.32 Å². The molecule has 0 aromatic heterocycles. The quantitative estimate of drug-likeness (QED) is 0.733. The molecule has 2 atom stereocenters. The van der Waals surface area contributed by atoms with Crippen LogP contribution in [0.3, 0.4) is 0 Å².